The molecule has 0 aromatic heterocycles. The van der Waals surface area contributed by atoms with E-state index < -0.39 is 0 Å². The van der Waals surface area contributed by atoms with Crippen molar-refractivity contribution in [2.24, 2.45) is 5.73 Å². The molecule has 56 valence electrons. The second-order valence-electron chi connectivity index (χ2n) is 2.19. The van der Waals surface area contributed by atoms with Crippen LogP contribution in [0.1, 0.15) is 0 Å². The summed E-state index contributed by atoms with van der Waals surface area (Å²) in [6.07, 6.45) is 2.73. The Morgan fingerprint density at radius 2 is 2.40 bits per heavy atom. The topological polar surface area (TPSA) is 71.1 Å². The van der Waals surface area contributed by atoms with Gasteiger partial charge in [-0.05, 0) is 0 Å². The van der Waals surface area contributed by atoms with Gasteiger partial charge in [0, 0.05) is 12.4 Å². The molecule has 0 spiro atoms. The number of nitrogens with two attached hydrogens (primary N) is 1. The van der Waals surface area contributed by atoms with E-state index in [0.29, 0.717) is 11.7 Å². The van der Waals surface area contributed by atoms with Crippen molar-refractivity contribution in [2.45, 2.75) is 6.04 Å². The van der Waals surface area contributed by atoms with E-state index in [0.717, 1.165) is 19.4 Å². The lowest BCUT2D eigenvalue weighted by Crippen LogP contribution is -2.43. The third-order valence-corrected chi connectivity index (χ3v) is 1.29. The minimum Gasteiger partial charge on any atom is -0.396 e. The molecule has 1 fully saturated rings. The highest BCUT2D eigenvalue weighted by atomic mass is 16.5. The van der Waals surface area contributed by atoms with Crippen LogP contribution < -0.4 is 11.1 Å². The Morgan fingerprint density at radius 1 is 1.70 bits per heavy atom. The fourth-order valence-electron chi connectivity index (χ4n) is 0.588. The molecule has 0 atom stereocenters. The molecule has 1 heterocycles. The van der Waals surface area contributed by atoms with Crippen LogP contribution in [-0.2, 0) is 4.74 Å². The molecule has 1 rings (SSSR count). The van der Waals surface area contributed by atoms with Crippen molar-refractivity contribution in [3.05, 3.63) is 11.9 Å². The second-order valence-corrected chi connectivity index (χ2v) is 2.19. The van der Waals surface area contributed by atoms with Gasteiger partial charge in [-0.2, -0.15) is 0 Å². The van der Waals surface area contributed by atoms with E-state index in [2.05, 4.69) is 5.32 Å². The molecule has 10 heavy (non-hydrogen) atoms. The Morgan fingerprint density at radius 3 is 2.80 bits per heavy atom. The highest BCUT2D eigenvalue weighted by Crippen LogP contribution is 1.98. The Kier molecular flexibility index (Phi) is 2.28. The SMILES string of the molecule is N=C/C(N)=C\NC1COC1. The van der Waals surface area contributed by atoms with Gasteiger partial charge in [-0.25, -0.2) is 0 Å². The first kappa shape index (κ1) is 7.08. The summed E-state index contributed by atoms with van der Waals surface area (Å²) < 4.78 is 4.91. The van der Waals surface area contributed by atoms with E-state index in [1.54, 1.807) is 6.20 Å². The predicted octanol–water partition coefficient (Wildman–Crippen LogP) is -0.576. The van der Waals surface area contributed by atoms with Crippen molar-refractivity contribution in [1.29, 1.82) is 5.41 Å². The normalized spacial score (nSPS) is 19.8. The maximum absolute atomic E-state index is 6.74. The van der Waals surface area contributed by atoms with Crippen LogP contribution in [0.2, 0.25) is 0 Å². The average Bonchev–Trinajstić information content (AvgIpc) is 1.84. The molecular weight excluding hydrogens is 130 g/mol. The van der Waals surface area contributed by atoms with Gasteiger partial charge in [0.2, 0.25) is 0 Å². The van der Waals surface area contributed by atoms with Gasteiger partial charge >= 0.3 is 0 Å². The molecule has 0 aromatic rings. The van der Waals surface area contributed by atoms with Crippen LogP contribution in [0, 0.1) is 5.41 Å². The molecule has 0 aliphatic carbocycles. The zero-order valence-electron chi connectivity index (χ0n) is 5.63. The van der Waals surface area contributed by atoms with Crippen LogP contribution in [0.15, 0.2) is 11.9 Å². The van der Waals surface area contributed by atoms with E-state index in [-0.39, 0.29) is 0 Å². The van der Waals surface area contributed by atoms with Crippen molar-refractivity contribution in [3.8, 4) is 0 Å². The number of ether oxygens (including phenoxy) is 1. The lowest BCUT2D eigenvalue weighted by atomic mass is 10.3. The summed E-state index contributed by atoms with van der Waals surface area (Å²) in [5.41, 5.74) is 5.75. The summed E-state index contributed by atoms with van der Waals surface area (Å²) in [6, 6.07) is 0.387. The number of rotatable bonds is 3. The fraction of sp³-hybridized carbons (Fsp3) is 0.500. The summed E-state index contributed by atoms with van der Waals surface area (Å²) in [6.45, 7) is 1.48. The van der Waals surface area contributed by atoms with Gasteiger partial charge in [0.1, 0.15) is 0 Å². The highest BCUT2D eigenvalue weighted by molar-refractivity contribution is 5.73. The Balaban J connectivity index is 2.18. The zero-order chi connectivity index (χ0) is 7.40. The van der Waals surface area contributed by atoms with Gasteiger partial charge in [-0.3, -0.25) is 0 Å². The van der Waals surface area contributed by atoms with Gasteiger partial charge < -0.3 is 21.2 Å². The van der Waals surface area contributed by atoms with Crippen LogP contribution in [0.3, 0.4) is 0 Å². The monoisotopic (exact) mass is 141 g/mol. The molecule has 0 unspecified atom stereocenters. The summed E-state index contributed by atoms with van der Waals surface area (Å²) in [7, 11) is 0. The Bertz CT molecular complexity index is 151. The van der Waals surface area contributed by atoms with Gasteiger partial charge in [0.05, 0.1) is 25.0 Å². The van der Waals surface area contributed by atoms with Crippen molar-refractivity contribution in [1.82, 2.24) is 5.32 Å². The molecule has 1 aliphatic heterocycles. The number of hydrogen-bond donors (Lipinski definition) is 3. The third kappa shape index (κ3) is 1.73. The van der Waals surface area contributed by atoms with E-state index in [1.165, 1.54) is 0 Å². The van der Waals surface area contributed by atoms with E-state index in [4.69, 9.17) is 15.9 Å². The van der Waals surface area contributed by atoms with Crippen molar-refractivity contribution in [3.63, 3.8) is 0 Å². The Hall–Kier alpha value is -1.03. The van der Waals surface area contributed by atoms with Crippen LogP contribution >= 0.6 is 0 Å². The van der Waals surface area contributed by atoms with E-state index in [9.17, 15) is 0 Å². The molecule has 1 saturated heterocycles. The average molecular weight is 141 g/mol. The quantitative estimate of drug-likeness (QED) is 0.461. The maximum Gasteiger partial charge on any atom is 0.0724 e. The first-order chi connectivity index (χ1) is 4.83. The van der Waals surface area contributed by atoms with Crippen LogP contribution in [0.25, 0.3) is 0 Å². The van der Waals surface area contributed by atoms with Crippen molar-refractivity contribution < 1.29 is 4.74 Å². The summed E-state index contributed by atoms with van der Waals surface area (Å²) in [5.74, 6) is 0. The fourth-order valence-corrected chi connectivity index (χ4v) is 0.588. The number of allylic oxidation sites excluding steroid dienone is 1. The minimum atomic E-state index is 0.387. The largest absolute Gasteiger partial charge is 0.396 e. The maximum atomic E-state index is 6.74. The molecule has 0 radical (unpaired) electrons. The van der Waals surface area contributed by atoms with Crippen molar-refractivity contribution in [2.75, 3.05) is 13.2 Å². The van der Waals surface area contributed by atoms with E-state index in [1.807, 2.05) is 0 Å². The molecule has 0 bridgehead atoms. The first-order valence-electron chi connectivity index (χ1n) is 3.13. The number of hydrogen-bond acceptors (Lipinski definition) is 4. The third-order valence-electron chi connectivity index (χ3n) is 1.29. The van der Waals surface area contributed by atoms with Crippen LogP contribution in [0.4, 0.5) is 0 Å². The lowest BCUT2D eigenvalue weighted by Gasteiger charge is -2.26. The predicted molar refractivity (Wildman–Crippen MR) is 38.8 cm³/mol. The van der Waals surface area contributed by atoms with Gasteiger partial charge in [-0.15, -0.1) is 0 Å². The summed E-state index contributed by atoms with van der Waals surface area (Å²) >= 11 is 0. The minimum absolute atomic E-state index is 0.387. The standard InChI is InChI=1S/C6H11N3O/c7-1-5(8)2-9-6-3-10-4-6/h1-2,6-7,9H,3-4,8H2/b5-2+,7-1?. The van der Waals surface area contributed by atoms with Gasteiger partial charge in [0.15, 0.2) is 0 Å². The molecule has 4 N–H and O–H groups in total. The molecule has 1 aliphatic rings. The first-order valence-corrected chi connectivity index (χ1v) is 3.13. The van der Waals surface area contributed by atoms with Gasteiger partial charge in [0.25, 0.3) is 0 Å². The summed E-state index contributed by atoms with van der Waals surface area (Å²) in [5, 5.41) is 9.74. The zero-order valence-corrected chi connectivity index (χ0v) is 5.63. The molecule has 0 aromatic carbocycles. The smallest absolute Gasteiger partial charge is 0.0724 e. The molecular formula is C6H11N3O. The van der Waals surface area contributed by atoms with E-state index >= 15 is 0 Å². The lowest BCUT2D eigenvalue weighted by molar-refractivity contribution is 0.000710. The molecule has 4 heteroatoms. The number of nitrogens with one attached hydrogen (secondary N) is 2. The van der Waals surface area contributed by atoms with Gasteiger partial charge in [-0.1, -0.05) is 0 Å². The molecule has 0 amide bonds. The highest BCUT2D eigenvalue weighted by Gasteiger charge is 2.15. The van der Waals surface area contributed by atoms with Crippen molar-refractivity contribution >= 4 is 6.21 Å². The molecule has 4 nitrogen and oxygen atoms in total. The van der Waals surface area contributed by atoms with Crippen LogP contribution in [-0.4, -0.2) is 25.5 Å². The molecule has 0 saturated carbocycles. The van der Waals surface area contributed by atoms with Crippen LogP contribution in [0.5, 0.6) is 0 Å². The second kappa shape index (κ2) is 3.22. The summed E-state index contributed by atoms with van der Waals surface area (Å²) in [4.78, 5) is 0. The Labute approximate surface area is 59.6 Å².